The molecule has 0 saturated heterocycles. The summed E-state index contributed by atoms with van der Waals surface area (Å²) in [6.07, 6.45) is 9.48. The number of phenolic OH excluding ortho intramolecular Hbond substituents is 1. The number of hydrogen-bond donors (Lipinski definition) is 1. The van der Waals surface area contributed by atoms with Gasteiger partial charge in [-0.3, -0.25) is 0 Å². The van der Waals surface area contributed by atoms with Crippen LogP contribution in [0, 0.1) is 18.2 Å². The summed E-state index contributed by atoms with van der Waals surface area (Å²) in [5, 5.41) is 11.6. The summed E-state index contributed by atoms with van der Waals surface area (Å²) in [6, 6.07) is 6.22. The van der Waals surface area contributed by atoms with E-state index in [1.807, 2.05) is 0 Å². The Morgan fingerprint density at radius 2 is 1.95 bits per heavy atom. The van der Waals surface area contributed by atoms with E-state index in [4.69, 9.17) is 6.42 Å². The van der Waals surface area contributed by atoms with Crippen LogP contribution in [0.5, 0.6) is 5.75 Å². The molecule has 2 heteroatoms. The second-order valence-electron chi connectivity index (χ2n) is 5.18. The third-order valence-corrected chi connectivity index (χ3v) is 3.71. The number of aromatic hydroxyl groups is 1. The molecule has 2 aromatic rings. The van der Waals surface area contributed by atoms with Gasteiger partial charge in [-0.15, -0.1) is 6.42 Å². The fraction of sp³-hybridized carbons (Fsp3) is 0.263. The van der Waals surface area contributed by atoms with Crippen molar-refractivity contribution < 1.29 is 9.50 Å². The summed E-state index contributed by atoms with van der Waals surface area (Å²) < 4.78 is 13.8. The Bertz CT molecular complexity index is 722. The Hall–Kier alpha value is -2.27. The van der Waals surface area contributed by atoms with Crippen molar-refractivity contribution in [2.24, 2.45) is 0 Å². The second kappa shape index (κ2) is 6.45. The summed E-state index contributed by atoms with van der Waals surface area (Å²) in [5.74, 6) is 2.14. The van der Waals surface area contributed by atoms with Crippen molar-refractivity contribution in [1.29, 1.82) is 0 Å². The van der Waals surface area contributed by atoms with Crippen molar-refractivity contribution in [2.75, 3.05) is 0 Å². The molecule has 0 spiro atoms. The average molecular weight is 282 g/mol. The topological polar surface area (TPSA) is 20.2 Å². The maximum absolute atomic E-state index is 13.8. The molecule has 0 fully saturated rings. The Morgan fingerprint density at radius 1 is 1.24 bits per heavy atom. The SMILES string of the molecule is C#Cc1c(F)ccc2c(C(=C)CCCCC)c(O)ccc12. The molecule has 0 aliphatic heterocycles. The van der Waals surface area contributed by atoms with E-state index in [-0.39, 0.29) is 11.3 Å². The first-order chi connectivity index (χ1) is 10.1. The van der Waals surface area contributed by atoms with Gasteiger partial charge in [0.1, 0.15) is 11.6 Å². The highest BCUT2D eigenvalue weighted by molar-refractivity contribution is 5.99. The summed E-state index contributed by atoms with van der Waals surface area (Å²) in [4.78, 5) is 0. The lowest BCUT2D eigenvalue weighted by molar-refractivity contribution is 0.474. The van der Waals surface area contributed by atoms with E-state index in [9.17, 15) is 9.50 Å². The monoisotopic (exact) mass is 282 g/mol. The van der Waals surface area contributed by atoms with Gasteiger partial charge < -0.3 is 5.11 Å². The molecule has 0 saturated carbocycles. The summed E-state index contributed by atoms with van der Waals surface area (Å²) in [5.41, 5.74) is 1.77. The molecule has 0 aliphatic carbocycles. The van der Waals surface area contributed by atoms with Crippen LogP contribution in [0.1, 0.15) is 43.7 Å². The molecular formula is C19H19FO. The molecule has 0 amide bonds. The smallest absolute Gasteiger partial charge is 0.139 e. The number of benzene rings is 2. The Morgan fingerprint density at radius 3 is 2.62 bits per heavy atom. The highest BCUT2D eigenvalue weighted by Gasteiger charge is 2.14. The normalized spacial score (nSPS) is 10.5. The van der Waals surface area contributed by atoms with Gasteiger partial charge in [-0.2, -0.15) is 0 Å². The molecule has 0 radical (unpaired) electrons. The zero-order chi connectivity index (χ0) is 15.4. The van der Waals surface area contributed by atoms with Gasteiger partial charge in [0.2, 0.25) is 0 Å². The number of unbranched alkanes of at least 4 members (excludes halogenated alkanes) is 2. The van der Waals surface area contributed by atoms with E-state index in [2.05, 4.69) is 19.4 Å². The molecule has 0 aromatic heterocycles. The Kier molecular flexibility index (Phi) is 4.65. The van der Waals surface area contributed by atoms with Crippen LogP contribution in [0.3, 0.4) is 0 Å². The quantitative estimate of drug-likeness (QED) is 0.586. The standard InChI is InChI=1S/C19H19FO/c1-4-6-7-8-13(3)19-16-9-11-17(20)14(5-2)15(16)10-12-18(19)21/h2,9-12,21H,3-4,6-8H2,1H3. The minimum absolute atomic E-state index is 0.165. The molecule has 108 valence electrons. The third kappa shape index (κ3) is 2.92. The number of terminal acetylenes is 1. The zero-order valence-corrected chi connectivity index (χ0v) is 12.2. The van der Waals surface area contributed by atoms with Gasteiger partial charge in [0.05, 0.1) is 5.56 Å². The van der Waals surface area contributed by atoms with Crippen LogP contribution in [-0.2, 0) is 0 Å². The molecule has 2 rings (SSSR count). The number of phenols is 1. The molecule has 2 aromatic carbocycles. The maximum atomic E-state index is 13.8. The molecule has 1 nitrogen and oxygen atoms in total. The van der Waals surface area contributed by atoms with E-state index in [0.29, 0.717) is 10.9 Å². The van der Waals surface area contributed by atoms with Crippen LogP contribution in [0.2, 0.25) is 0 Å². The molecule has 0 bridgehead atoms. The Balaban J connectivity index is 2.55. The summed E-state index contributed by atoms with van der Waals surface area (Å²) in [7, 11) is 0. The van der Waals surface area contributed by atoms with Crippen LogP contribution in [0.4, 0.5) is 4.39 Å². The maximum Gasteiger partial charge on any atom is 0.139 e. The van der Waals surface area contributed by atoms with Gasteiger partial charge in [0.25, 0.3) is 0 Å². The van der Waals surface area contributed by atoms with Crippen molar-refractivity contribution in [2.45, 2.75) is 32.6 Å². The van der Waals surface area contributed by atoms with Gasteiger partial charge in [-0.05, 0) is 42.0 Å². The summed E-state index contributed by atoms with van der Waals surface area (Å²) in [6.45, 7) is 6.22. The van der Waals surface area contributed by atoms with Crippen molar-refractivity contribution in [1.82, 2.24) is 0 Å². The van der Waals surface area contributed by atoms with Gasteiger partial charge in [-0.1, -0.05) is 38.3 Å². The molecule has 21 heavy (non-hydrogen) atoms. The number of allylic oxidation sites excluding steroid dienone is 1. The fourth-order valence-corrected chi connectivity index (χ4v) is 2.60. The second-order valence-corrected chi connectivity index (χ2v) is 5.18. The van der Waals surface area contributed by atoms with Crippen LogP contribution in [-0.4, -0.2) is 5.11 Å². The third-order valence-electron chi connectivity index (χ3n) is 3.71. The lowest BCUT2D eigenvalue weighted by atomic mass is 9.93. The molecule has 0 heterocycles. The number of fused-ring (bicyclic) bond motifs is 1. The van der Waals surface area contributed by atoms with E-state index in [1.165, 1.54) is 6.07 Å². The zero-order valence-electron chi connectivity index (χ0n) is 12.2. The highest BCUT2D eigenvalue weighted by Crippen LogP contribution is 2.36. The van der Waals surface area contributed by atoms with Gasteiger partial charge in [-0.25, -0.2) is 4.39 Å². The lowest BCUT2D eigenvalue weighted by Crippen LogP contribution is -1.92. The number of halogens is 1. The minimum Gasteiger partial charge on any atom is -0.507 e. The number of hydrogen-bond acceptors (Lipinski definition) is 1. The van der Waals surface area contributed by atoms with E-state index >= 15 is 0 Å². The molecule has 1 N–H and O–H groups in total. The van der Waals surface area contributed by atoms with Crippen LogP contribution >= 0.6 is 0 Å². The predicted octanol–water partition coefficient (Wildman–Crippen LogP) is 5.26. The van der Waals surface area contributed by atoms with Crippen molar-refractivity contribution in [3.63, 3.8) is 0 Å². The Labute approximate surface area is 125 Å². The van der Waals surface area contributed by atoms with Crippen LogP contribution < -0.4 is 0 Å². The summed E-state index contributed by atoms with van der Waals surface area (Å²) >= 11 is 0. The lowest BCUT2D eigenvalue weighted by Gasteiger charge is -2.13. The largest absolute Gasteiger partial charge is 0.507 e. The molecule has 0 atom stereocenters. The van der Waals surface area contributed by atoms with Gasteiger partial charge >= 0.3 is 0 Å². The van der Waals surface area contributed by atoms with E-state index in [0.717, 1.165) is 36.6 Å². The average Bonchev–Trinajstić information content (AvgIpc) is 2.47. The van der Waals surface area contributed by atoms with Gasteiger partial charge in [0, 0.05) is 10.9 Å². The van der Waals surface area contributed by atoms with E-state index in [1.54, 1.807) is 18.2 Å². The van der Waals surface area contributed by atoms with Crippen LogP contribution in [0.15, 0.2) is 30.8 Å². The van der Waals surface area contributed by atoms with E-state index < -0.39 is 5.82 Å². The minimum atomic E-state index is -0.418. The first-order valence-electron chi connectivity index (χ1n) is 7.19. The van der Waals surface area contributed by atoms with Gasteiger partial charge in [0.15, 0.2) is 0 Å². The van der Waals surface area contributed by atoms with Crippen molar-refractivity contribution in [3.8, 4) is 18.1 Å². The molecule has 0 aliphatic rings. The van der Waals surface area contributed by atoms with Crippen molar-refractivity contribution >= 4 is 16.3 Å². The van der Waals surface area contributed by atoms with Crippen molar-refractivity contribution in [3.05, 3.63) is 47.8 Å². The first-order valence-corrected chi connectivity index (χ1v) is 7.19. The molecule has 0 unspecified atom stereocenters. The highest BCUT2D eigenvalue weighted by atomic mass is 19.1. The predicted molar refractivity (Wildman–Crippen MR) is 86.7 cm³/mol. The fourth-order valence-electron chi connectivity index (χ4n) is 2.60. The number of rotatable bonds is 5. The van der Waals surface area contributed by atoms with Crippen LogP contribution in [0.25, 0.3) is 16.3 Å². The first kappa shape index (κ1) is 15.1. The molecular weight excluding hydrogens is 263 g/mol.